The smallest absolute Gasteiger partial charge is 0.284 e. The van der Waals surface area contributed by atoms with E-state index in [0.717, 1.165) is 6.54 Å². The maximum absolute atomic E-state index is 10.3. The summed E-state index contributed by atoms with van der Waals surface area (Å²) in [5.74, 6) is -0.0394. The molecule has 0 aliphatic rings. The lowest BCUT2D eigenvalue weighted by atomic mass is 10.3. The molecule has 2 N–H and O–H groups in total. The lowest BCUT2D eigenvalue weighted by Gasteiger charge is -2.18. The molecule has 0 amide bonds. The molecule has 8 heteroatoms. The van der Waals surface area contributed by atoms with E-state index in [1.807, 2.05) is 6.92 Å². The van der Waals surface area contributed by atoms with Crippen LogP contribution in [0, 0.1) is 10.1 Å². The van der Waals surface area contributed by atoms with E-state index in [4.69, 9.17) is 5.73 Å². The molecule has 0 unspecified atom stereocenters. The first-order valence-corrected chi connectivity index (χ1v) is 18.1. The van der Waals surface area contributed by atoms with Crippen molar-refractivity contribution in [1.29, 1.82) is 0 Å². The number of carbonyl (C=O) groups is 1. The van der Waals surface area contributed by atoms with E-state index in [2.05, 4.69) is 157 Å². The normalized spacial score (nSPS) is 9.26. The second-order valence-corrected chi connectivity index (χ2v) is 13.1. The molecule has 0 aliphatic heterocycles. The van der Waals surface area contributed by atoms with Crippen LogP contribution in [-0.4, -0.2) is 17.3 Å². The highest BCUT2D eigenvalue weighted by atomic mass is 79.9. The number of ketones is 1. The number of hydrogen-bond donors (Lipinski definition) is 1. The third-order valence-corrected chi connectivity index (χ3v) is 8.29. The Morgan fingerprint density at radius 2 is 1.13 bits per heavy atom. The number of halogens is 2. The van der Waals surface area contributed by atoms with Gasteiger partial charge in [0.1, 0.15) is 0 Å². The minimum Gasteiger partial charge on any atom is -0.331 e. The molecule has 0 fully saturated rings. The SMILES string of the molecule is C=CC(=O)C=CC.CCC.CCC.CCN.O=[N+]([O-])c1cc(Br)ccc1Br.c1ccc(P(c2ccccc2)c2ccccc2)cc1. The molecular formula is C38H49Br2N2O3P. The summed E-state index contributed by atoms with van der Waals surface area (Å²) in [5, 5.41) is 14.5. The number of carbonyl (C=O) groups excluding carboxylic acids is 1. The van der Waals surface area contributed by atoms with E-state index >= 15 is 0 Å². The van der Waals surface area contributed by atoms with Gasteiger partial charge in [0.25, 0.3) is 5.69 Å². The van der Waals surface area contributed by atoms with Gasteiger partial charge in [0, 0.05) is 10.5 Å². The van der Waals surface area contributed by atoms with Gasteiger partial charge < -0.3 is 5.73 Å². The number of nitrogens with zero attached hydrogens (tertiary/aromatic N) is 1. The van der Waals surface area contributed by atoms with Crippen molar-refractivity contribution < 1.29 is 9.72 Å². The number of nitro benzene ring substituents is 1. The summed E-state index contributed by atoms with van der Waals surface area (Å²) in [7, 11) is -0.446. The molecule has 46 heavy (non-hydrogen) atoms. The zero-order valence-corrected chi connectivity index (χ0v) is 32.0. The van der Waals surface area contributed by atoms with Gasteiger partial charge in [-0.15, -0.1) is 0 Å². The van der Waals surface area contributed by atoms with Crippen LogP contribution < -0.4 is 21.6 Å². The highest BCUT2D eigenvalue weighted by molar-refractivity contribution is 9.11. The van der Waals surface area contributed by atoms with Gasteiger partial charge in [-0.2, -0.15) is 0 Å². The second kappa shape index (κ2) is 30.4. The molecule has 0 bridgehead atoms. The van der Waals surface area contributed by atoms with Crippen molar-refractivity contribution in [3.05, 3.63) is 153 Å². The Morgan fingerprint density at radius 3 is 1.37 bits per heavy atom. The summed E-state index contributed by atoms with van der Waals surface area (Å²) in [6.45, 7) is 16.2. The summed E-state index contributed by atoms with van der Waals surface area (Å²) < 4.78 is 1.19. The van der Waals surface area contributed by atoms with E-state index in [1.165, 1.54) is 47.0 Å². The van der Waals surface area contributed by atoms with E-state index in [9.17, 15) is 14.9 Å². The predicted octanol–water partition coefficient (Wildman–Crippen LogP) is 10.7. The molecule has 0 atom stereocenters. The van der Waals surface area contributed by atoms with Crippen LogP contribution in [0.1, 0.15) is 54.4 Å². The zero-order chi connectivity index (χ0) is 35.2. The molecule has 248 valence electrons. The summed E-state index contributed by atoms with van der Waals surface area (Å²) in [5.41, 5.74) is 4.92. The molecule has 5 nitrogen and oxygen atoms in total. The Morgan fingerprint density at radius 1 is 0.783 bits per heavy atom. The highest BCUT2D eigenvalue weighted by Gasteiger charge is 2.15. The van der Waals surface area contributed by atoms with E-state index in [-0.39, 0.29) is 11.5 Å². The van der Waals surface area contributed by atoms with Crippen LogP contribution in [0.15, 0.2) is 143 Å². The van der Waals surface area contributed by atoms with Crippen LogP contribution in [0.2, 0.25) is 0 Å². The van der Waals surface area contributed by atoms with Crippen LogP contribution in [0.25, 0.3) is 0 Å². The maximum Gasteiger partial charge on any atom is 0.284 e. The molecule has 0 saturated carbocycles. The van der Waals surface area contributed by atoms with Crippen molar-refractivity contribution in [3.8, 4) is 0 Å². The van der Waals surface area contributed by atoms with Crippen molar-refractivity contribution in [2.75, 3.05) is 6.54 Å². The largest absolute Gasteiger partial charge is 0.331 e. The predicted molar refractivity (Wildman–Crippen MR) is 210 cm³/mol. The van der Waals surface area contributed by atoms with Crippen LogP contribution in [0.4, 0.5) is 5.69 Å². The minimum atomic E-state index is -0.446. The lowest BCUT2D eigenvalue weighted by molar-refractivity contribution is -0.385. The van der Waals surface area contributed by atoms with Gasteiger partial charge in [-0.3, -0.25) is 14.9 Å². The highest BCUT2D eigenvalue weighted by Crippen LogP contribution is 2.32. The van der Waals surface area contributed by atoms with Crippen LogP contribution >= 0.6 is 39.8 Å². The fourth-order valence-corrected chi connectivity index (χ4v) is 6.08. The summed E-state index contributed by atoms with van der Waals surface area (Å²) in [4.78, 5) is 20.1. The zero-order valence-electron chi connectivity index (χ0n) is 27.9. The number of hydrogen-bond acceptors (Lipinski definition) is 4. The number of rotatable bonds is 6. The van der Waals surface area contributed by atoms with Crippen molar-refractivity contribution in [1.82, 2.24) is 0 Å². The molecule has 0 heterocycles. The lowest BCUT2D eigenvalue weighted by Crippen LogP contribution is -2.20. The molecular weight excluding hydrogens is 723 g/mol. The van der Waals surface area contributed by atoms with Crippen molar-refractivity contribution in [3.63, 3.8) is 0 Å². The van der Waals surface area contributed by atoms with Crippen LogP contribution in [-0.2, 0) is 4.79 Å². The molecule has 0 aliphatic carbocycles. The van der Waals surface area contributed by atoms with Crippen LogP contribution in [0.3, 0.4) is 0 Å². The first kappa shape index (κ1) is 44.9. The summed E-state index contributed by atoms with van der Waals surface area (Å²) in [6, 6.07) is 37.1. The monoisotopic (exact) mass is 770 g/mol. The van der Waals surface area contributed by atoms with Gasteiger partial charge >= 0.3 is 0 Å². The second-order valence-electron chi connectivity index (χ2n) is 9.12. The average Bonchev–Trinajstić information content (AvgIpc) is 3.06. The fourth-order valence-electron chi connectivity index (χ4n) is 3.04. The maximum atomic E-state index is 10.3. The van der Waals surface area contributed by atoms with Crippen LogP contribution in [0.5, 0.6) is 0 Å². The van der Waals surface area contributed by atoms with Gasteiger partial charge in [-0.25, -0.2) is 0 Å². The Hall–Kier alpha value is -3.22. The van der Waals surface area contributed by atoms with Gasteiger partial charge in [-0.05, 0) is 77.5 Å². The third kappa shape index (κ3) is 21.5. The third-order valence-electron chi connectivity index (χ3n) is 4.68. The number of benzene rings is 4. The number of nitrogens with two attached hydrogens (primary N) is 1. The Bertz CT molecular complexity index is 1270. The van der Waals surface area contributed by atoms with E-state index < -0.39 is 12.8 Å². The summed E-state index contributed by atoms with van der Waals surface area (Å²) >= 11 is 6.21. The standard InChI is InChI=1S/C18H15P.C6H3Br2NO2.C6H8O.2C3H8.C2H7N/c1-4-10-16(11-5-1)19(17-12-6-2-7-13-17)18-14-8-3-9-15-18;7-4-1-2-5(8)6(3-4)9(10)11;1-3-5-6(7)4-2;2*1-3-2;1-2-3/h1-15H;1-3H;3-5H,2H2,1H3;2*3H2,1-2H3;2-3H2,1H3. The van der Waals surface area contributed by atoms with Gasteiger partial charge in [0.15, 0.2) is 5.78 Å². The Labute approximate surface area is 295 Å². The number of nitro groups is 1. The Kier molecular flexibility index (Phi) is 29.7. The quantitative estimate of drug-likeness (QED) is 0.0915. The molecule has 4 aromatic carbocycles. The van der Waals surface area contributed by atoms with E-state index in [0.29, 0.717) is 8.95 Å². The van der Waals surface area contributed by atoms with Crippen molar-refractivity contribution in [2.45, 2.75) is 54.4 Å². The molecule has 0 saturated heterocycles. The van der Waals surface area contributed by atoms with Crippen molar-refractivity contribution in [2.24, 2.45) is 5.73 Å². The first-order valence-electron chi connectivity index (χ1n) is 15.2. The molecule has 4 rings (SSSR count). The molecule has 4 aromatic rings. The van der Waals surface area contributed by atoms with Gasteiger partial charge in [0.2, 0.25) is 0 Å². The van der Waals surface area contributed by atoms with E-state index in [1.54, 1.807) is 25.1 Å². The topological polar surface area (TPSA) is 86.2 Å². The molecule has 0 spiro atoms. The summed E-state index contributed by atoms with van der Waals surface area (Å²) in [6.07, 6.45) is 6.93. The molecule has 0 radical (unpaired) electrons. The van der Waals surface area contributed by atoms with Gasteiger partial charge in [-0.1, -0.05) is 167 Å². The fraction of sp³-hybridized carbons (Fsp3) is 0.237. The Balaban J connectivity index is 0. The van der Waals surface area contributed by atoms with Gasteiger partial charge in [0.05, 0.1) is 9.40 Å². The average molecular weight is 773 g/mol. The molecule has 0 aromatic heterocycles. The van der Waals surface area contributed by atoms with Crippen molar-refractivity contribution >= 4 is 67.2 Å². The first-order chi connectivity index (χ1) is 22.1. The number of allylic oxidation sites excluding steroid dienone is 3. The minimum absolute atomic E-state index is 0.0394.